The predicted octanol–water partition coefficient (Wildman–Crippen LogP) is 4.14. The molecule has 5 nitrogen and oxygen atoms in total. The van der Waals surface area contributed by atoms with Crippen molar-refractivity contribution in [1.29, 1.82) is 0 Å². The maximum atomic E-state index is 9.74. The second kappa shape index (κ2) is 9.46. The molecule has 0 spiro atoms. The van der Waals surface area contributed by atoms with E-state index in [0.717, 1.165) is 31.7 Å². The Morgan fingerprint density at radius 3 is 2.03 bits per heavy atom. The number of hydrazone groups is 1. The van der Waals surface area contributed by atoms with Crippen molar-refractivity contribution in [1.82, 2.24) is 9.91 Å². The molecule has 1 N–H and O–H groups in total. The van der Waals surface area contributed by atoms with Crippen LogP contribution in [0.15, 0.2) is 84.0 Å². The van der Waals surface area contributed by atoms with Crippen LogP contribution in [0.1, 0.15) is 22.7 Å². The van der Waals surface area contributed by atoms with Crippen LogP contribution in [0, 0.1) is 0 Å². The molecule has 5 heteroatoms. The lowest BCUT2D eigenvalue weighted by atomic mass is 9.96. The summed E-state index contributed by atoms with van der Waals surface area (Å²) in [6, 6.07) is 26.9. The molecule has 4 rings (SSSR count). The Morgan fingerprint density at radius 1 is 0.867 bits per heavy atom. The second-order valence-electron chi connectivity index (χ2n) is 7.39. The largest absolute Gasteiger partial charge is 0.504 e. The maximum absolute atomic E-state index is 9.74. The molecule has 0 bridgehead atoms. The minimum atomic E-state index is 0.135. The van der Waals surface area contributed by atoms with Crippen LogP contribution in [0.25, 0.3) is 0 Å². The van der Waals surface area contributed by atoms with Gasteiger partial charge in [0.05, 0.1) is 19.4 Å². The average molecular weight is 402 g/mol. The molecule has 3 aromatic rings. The third-order valence-corrected chi connectivity index (χ3v) is 5.46. The normalized spacial score (nSPS) is 15.1. The van der Waals surface area contributed by atoms with Gasteiger partial charge in [0.2, 0.25) is 0 Å². The van der Waals surface area contributed by atoms with Gasteiger partial charge in [-0.15, -0.1) is 0 Å². The highest BCUT2D eigenvalue weighted by atomic mass is 16.5. The molecule has 30 heavy (non-hydrogen) atoms. The third kappa shape index (κ3) is 4.63. The van der Waals surface area contributed by atoms with Crippen molar-refractivity contribution in [3.05, 3.63) is 95.6 Å². The van der Waals surface area contributed by atoms with Crippen LogP contribution in [-0.2, 0) is 0 Å². The summed E-state index contributed by atoms with van der Waals surface area (Å²) in [6.45, 7) is 3.60. The van der Waals surface area contributed by atoms with Gasteiger partial charge in [-0.3, -0.25) is 9.91 Å². The number of phenols is 1. The van der Waals surface area contributed by atoms with E-state index in [4.69, 9.17) is 4.74 Å². The summed E-state index contributed by atoms with van der Waals surface area (Å²) in [4.78, 5) is 2.53. The van der Waals surface area contributed by atoms with Crippen molar-refractivity contribution < 1.29 is 9.84 Å². The Kier molecular flexibility index (Phi) is 6.30. The number of piperazine rings is 1. The first-order valence-corrected chi connectivity index (χ1v) is 10.2. The van der Waals surface area contributed by atoms with Crippen molar-refractivity contribution in [2.75, 3.05) is 33.3 Å². The predicted molar refractivity (Wildman–Crippen MR) is 120 cm³/mol. The van der Waals surface area contributed by atoms with E-state index in [0.29, 0.717) is 5.75 Å². The Hall–Kier alpha value is -3.31. The fourth-order valence-corrected chi connectivity index (χ4v) is 3.89. The highest BCUT2D eigenvalue weighted by Gasteiger charge is 2.25. The molecule has 1 fully saturated rings. The molecular formula is C25H27N3O2. The minimum Gasteiger partial charge on any atom is -0.504 e. The molecule has 0 unspecified atom stereocenters. The van der Waals surface area contributed by atoms with E-state index in [9.17, 15) is 5.11 Å². The van der Waals surface area contributed by atoms with Crippen molar-refractivity contribution in [3.63, 3.8) is 0 Å². The molecule has 1 aliphatic rings. The highest BCUT2D eigenvalue weighted by molar-refractivity contribution is 5.80. The van der Waals surface area contributed by atoms with Crippen LogP contribution in [0.2, 0.25) is 0 Å². The van der Waals surface area contributed by atoms with Gasteiger partial charge in [0, 0.05) is 26.2 Å². The summed E-state index contributed by atoms with van der Waals surface area (Å²) in [5.41, 5.74) is 3.53. The van der Waals surface area contributed by atoms with E-state index in [1.165, 1.54) is 11.1 Å². The van der Waals surface area contributed by atoms with Crippen LogP contribution in [0.4, 0.5) is 0 Å². The molecule has 0 radical (unpaired) electrons. The van der Waals surface area contributed by atoms with E-state index in [1.807, 2.05) is 12.3 Å². The molecule has 1 aliphatic heterocycles. The molecular weight excluding hydrogens is 374 g/mol. The summed E-state index contributed by atoms with van der Waals surface area (Å²) < 4.78 is 5.17. The van der Waals surface area contributed by atoms with Crippen LogP contribution in [0.5, 0.6) is 11.5 Å². The van der Waals surface area contributed by atoms with Gasteiger partial charge >= 0.3 is 0 Å². The number of aromatic hydroxyl groups is 1. The van der Waals surface area contributed by atoms with Crippen molar-refractivity contribution >= 4 is 6.21 Å². The summed E-state index contributed by atoms with van der Waals surface area (Å²) >= 11 is 0. The second-order valence-corrected chi connectivity index (χ2v) is 7.39. The monoisotopic (exact) mass is 401 g/mol. The van der Waals surface area contributed by atoms with Gasteiger partial charge in [0.1, 0.15) is 0 Å². The Morgan fingerprint density at radius 2 is 1.47 bits per heavy atom. The molecule has 1 heterocycles. The fraction of sp³-hybridized carbons (Fsp3) is 0.240. The van der Waals surface area contributed by atoms with Crippen LogP contribution < -0.4 is 4.74 Å². The molecule has 0 aliphatic carbocycles. The summed E-state index contributed by atoms with van der Waals surface area (Å²) in [5, 5.41) is 16.5. The van der Waals surface area contributed by atoms with Crippen molar-refractivity contribution in [3.8, 4) is 11.5 Å². The van der Waals surface area contributed by atoms with Crippen molar-refractivity contribution in [2.24, 2.45) is 5.10 Å². The van der Waals surface area contributed by atoms with E-state index in [1.54, 1.807) is 19.2 Å². The van der Waals surface area contributed by atoms with E-state index >= 15 is 0 Å². The lowest BCUT2D eigenvalue weighted by Gasteiger charge is -2.38. The van der Waals surface area contributed by atoms with Crippen LogP contribution in [-0.4, -0.2) is 54.5 Å². The number of rotatable bonds is 6. The fourth-order valence-electron chi connectivity index (χ4n) is 3.89. The smallest absolute Gasteiger partial charge is 0.161 e. The van der Waals surface area contributed by atoms with Gasteiger partial charge in [-0.1, -0.05) is 60.7 Å². The topological polar surface area (TPSA) is 48.3 Å². The molecule has 0 aromatic heterocycles. The number of nitrogens with zero attached hydrogens (tertiary/aromatic N) is 3. The number of benzene rings is 3. The number of hydrogen-bond acceptors (Lipinski definition) is 5. The molecule has 0 amide bonds. The Labute approximate surface area is 177 Å². The van der Waals surface area contributed by atoms with Gasteiger partial charge in [-0.05, 0) is 34.9 Å². The third-order valence-electron chi connectivity index (χ3n) is 5.46. The van der Waals surface area contributed by atoms with Crippen molar-refractivity contribution in [2.45, 2.75) is 6.04 Å². The first-order valence-electron chi connectivity index (χ1n) is 10.2. The number of phenolic OH excluding ortho intramolecular Hbond substituents is 1. The zero-order chi connectivity index (χ0) is 20.8. The van der Waals surface area contributed by atoms with Gasteiger partial charge in [-0.2, -0.15) is 5.10 Å². The summed E-state index contributed by atoms with van der Waals surface area (Å²) in [7, 11) is 1.55. The molecule has 1 saturated heterocycles. The standard InChI is InChI=1S/C25H27N3O2/c1-30-24-18-20(12-13-23(24)29)19-26-28-16-14-27(15-17-28)25(21-8-4-2-5-9-21)22-10-6-3-7-11-22/h2-13,18-19,25,29H,14-17H2,1H3. The minimum absolute atomic E-state index is 0.135. The Bertz CT molecular complexity index is 929. The maximum Gasteiger partial charge on any atom is 0.161 e. The first kappa shape index (κ1) is 20.0. The SMILES string of the molecule is COc1cc(C=NN2CCN(C(c3ccccc3)c3ccccc3)CC2)ccc1O. The first-order chi connectivity index (χ1) is 14.7. The van der Waals surface area contributed by atoms with E-state index < -0.39 is 0 Å². The molecule has 154 valence electrons. The van der Waals surface area contributed by atoms with E-state index in [2.05, 4.69) is 75.7 Å². The van der Waals surface area contributed by atoms with E-state index in [-0.39, 0.29) is 11.8 Å². The zero-order valence-electron chi connectivity index (χ0n) is 17.2. The average Bonchev–Trinajstić information content (AvgIpc) is 2.81. The Balaban J connectivity index is 1.45. The van der Waals surface area contributed by atoms with Crippen LogP contribution >= 0.6 is 0 Å². The van der Waals surface area contributed by atoms with Gasteiger partial charge in [0.25, 0.3) is 0 Å². The van der Waals surface area contributed by atoms with Gasteiger partial charge < -0.3 is 9.84 Å². The molecule has 0 saturated carbocycles. The quantitative estimate of drug-likeness (QED) is 0.631. The van der Waals surface area contributed by atoms with Gasteiger partial charge in [-0.25, -0.2) is 0 Å². The summed E-state index contributed by atoms with van der Waals surface area (Å²) in [5.74, 6) is 0.591. The van der Waals surface area contributed by atoms with Crippen LogP contribution in [0.3, 0.4) is 0 Å². The number of hydrogen-bond donors (Lipinski definition) is 1. The lowest BCUT2D eigenvalue weighted by Crippen LogP contribution is -2.45. The summed E-state index contributed by atoms with van der Waals surface area (Å²) in [6.07, 6.45) is 1.82. The number of methoxy groups -OCH3 is 1. The highest BCUT2D eigenvalue weighted by Crippen LogP contribution is 2.29. The molecule has 3 aromatic carbocycles. The number of ether oxygens (including phenoxy) is 1. The lowest BCUT2D eigenvalue weighted by molar-refractivity contribution is 0.113. The van der Waals surface area contributed by atoms with Gasteiger partial charge in [0.15, 0.2) is 11.5 Å². The molecule has 0 atom stereocenters. The zero-order valence-corrected chi connectivity index (χ0v) is 17.2.